The van der Waals surface area contributed by atoms with Crippen LogP contribution >= 0.6 is 11.6 Å². The van der Waals surface area contributed by atoms with Crippen LogP contribution in [0.4, 0.5) is 13.2 Å². The lowest BCUT2D eigenvalue weighted by Gasteiger charge is -2.46. The molecular formula is C23H21ClF3N3O5. The molecule has 1 aromatic carbocycles. The van der Waals surface area contributed by atoms with Crippen LogP contribution in [0.25, 0.3) is 0 Å². The van der Waals surface area contributed by atoms with Gasteiger partial charge in [0.1, 0.15) is 5.75 Å². The number of benzene rings is 1. The van der Waals surface area contributed by atoms with Crippen molar-refractivity contribution in [2.24, 2.45) is 0 Å². The Hall–Kier alpha value is -2.66. The minimum atomic E-state index is -4.65. The van der Waals surface area contributed by atoms with Crippen LogP contribution in [0.1, 0.15) is 73.0 Å². The van der Waals surface area contributed by atoms with E-state index in [4.69, 9.17) is 20.8 Å². The van der Waals surface area contributed by atoms with Crippen molar-refractivity contribution in [3.8, 4) is 5.75 Å². The first kappa shape index (κ1) is 22.8. The lowest BCUT2D eigenvalue weighted by atomic mass is 9.65. The fourth-order valence-corrected chi connectivity index (χ4v) is 6.11. The van der Waals surface area contributed by atoms with E-state index in [1.807, 2.05) is 0 Å². The Kier molecular flexibility index (Phi) is 4.99. The number of ether oxygens (including phenoxy) is 2. The molecule has 1 unspecified atom stereocenters. The van der Waals surface area contributed by atoms with Crippen LogP contribution in [0.15, 0.2) is 22.6 Å². The minimum Gasteiger partial charge on any atom is -0.479 e. The molecule has 1 atom stereocenters. The Morgan fingerprint density at radius 2 is 1.97 bits per heavy atom. The van der Waals surface area contributed by atoms with Gasteiger partial charge in [0, 0.05) is 16.5 Å². The van der Waals surface area contributed by atoms with Crippen LogP contribution in [0.2, 0.25) is 5.02 Å². The maximum Gasteiger partial charge on any atom is 0.522 e. The summed E-state index contributed by atoms with van der Waals surface area (Å²) in [5.41, 5.74) is -0.407. The van der Waals surface area contributed by atoms with Crippen LogP contribution in [0.3, 0.4) is 0 Å². The maximum absolute atomic E-state index is 13.0. The molecule has 186 valence electrons. The summed E-state index contributed by atoms with van der Waals surface area (Å²) in [6.07, 6.45) is -3.45. The van der Waals surface area contributed by atoms with E-state index < -0.39 is 24.1 Å². The van der Waals surface area contributed by atoms with Crippen molar-refractivity contribution < 1.29 is 36.7 Å². The largest absolute Gasteiger partial charge is 0.522 e. The molecule has 5 aliphatic rings. The second kappa shape index (κ2) is 7.67. The van der Waals surface area contributed by atoms with Gasteiger partial charge < -0.3 is 14.5 Å². The molecule has 1 aromatic heterocycles. The second-order valence-electron chi connectivity index (χ2n) is 10.1. The third kappa shape index (κ3) is 3.98. The Morgan fingerprint density at radius 1 is 1.20 bits per heavy atom. The Morgan fingerprint density at radius 3 is 2.71 bits per heavy atom. The van der Waals surface area contributed by atoms with Gasteiger partial charge in [0.25, 0.3) is 5.91 Å². The molecule has 1 N–H and O–H groups in total. The lowest BCUT2D eigenvalue weighted by Crippen LogP contribution is -2.60. The Bertz CT molecular complexity index is 1200. The molecular weight excluding hydrogens is 491 g/mol. The smallest absolute Gasteiger partial charge is 0.479 e. The summed E-state index contributed by atoms with van der Waals surface area (Å²) in [5.74, 6) is 0.353. The molecule has 2 aromatic rings. The van der Waals surface area contributed by atoms with Gasteiger partial charge in [0.15, 0.2) is 11.9 Å². The first-order chi connectivity index (χ1) is 16.5. The third-order valence-corrected chi connectivity index (χ3v) is 7.87. The second-order valence-corrected chi connectivity index (χ2v) is 10.5. The number of ketones is 1. The van der Waals surface area contributed by atoms with Crippen molar-refractivity contribution in [3.63, 3.8) is 0 Å². The molecule has 0 spiro atoms. The van der Waals surface area contributed by atoms with Crippen molar-refractivity contribution in [1.82, 2.24) is 15.5 Å². The van der Waals surface area contributed by atoms with Gasteiger partial charge in [-0.3, -0.25) is 14.3 Å². The van der Waals surface area contributed by atoms with E-state index in [2.05, 4.69) is 20.3 Å². The fraction of sp³-hybridized carbons (Fsp3) is 0.565. The highest BCUT2D eigenvalue weighted by molar-refractivity contribution is 6.31. The van der Waals surface area contributed by atoms with Crippen LogP contribution in [0, 0.1) is 0 Å². The van der Waals surface area contributed by atoms with E-state index in [9.17, 15) is 22.8 Å². The molecule has 1 amide bonds. The molecule has 1 aliphatic heterocycles. The molecule has 2 bridgehead atoms. The number of nitrogens with one attached hydrogen (secondary N) is 1. The molecule has 0 radical (unpaired) electrons. The number of rotatable bonds is 5. The minimum absolute atomic E-state index is 0.0617. The lowest BCUT2D eigenvalue weighted by molar-refractivity contribution is -0.352. The number of hydrogen-bond donors (Lipinski definition) is 1. The summed E-state index contributed by atoms with van der Waals surface area (Å²) in [6, 6.07) is 4.73. The van der Waals surface area contributed by atoms with E-state index in [1.165, 1.54) is 6.07 Å². The van der Waals surface area contributed by atoms with Gasteiger partial charge in [-0.15, -0.1) is 23.4 Å². The number of nitrogens with zero attached hydrogens (tertiary/aromatic N) is 2. The molecule has 8 nitrogen and oxygen atoms in total. The molecule has 2 heterocycles. The zero-order valence-electron chi connectivity index (χ0n) is 18.4. The number of alkyl halides is 3. The highest BCUT2D eigenvalue weighted by Crippen LogP contribution is 2.62. The summed E-state index contributed by atoms with van der Waals surface area (Å²) in [4.78, 5) is 25.4. The van der Waals surface area contributed by atoms with E-state index in [1.54, 1.807) is 12.1 Å². The molecule has 7 rings (SSSR count). The van der Waals surface area contributed by atoms with Crippen LogP contribution in [-0.2, 0) is 14.9 Å². The van der Waals surface area contributed by atoms with Gasteiger partial charge in [-0.1, -0.05) is 11.6 Å². The summed E-state index contributed by atoms with van der Waals surface area (Å²) in [5, 5.41) is 11.7. The van der Waals surface area contributed by atoms with Gasteiger partial charge in [0.2, 0.25) is 11.8 Å². The average Bonchev–Trinajstić information content (AvgIpc) is 3.44. The number of Topliss-reactive ketones (excluding diaryl/α,β-unsaturated/α-hetero) is 1. The quantitative estimate of drug-likeness (QED) is 0.641. The van der Waals surface area contributed by atoms with E-state index in [0.29, 0.717) is 47.4 Å². The predicted octanol–water partition coefficient (Wildman–Crippen LogP) is 4.22. The van der Waals surface area contributed by atoms with Gasteiger partial charge >= 0.3 is 6.36 Å². The Balaban J connectivity index is 1.06. The number of carbonyl (C=O) groups is 2. The maximum atomic E-state index is 13.0. The highest BCUT2D eigenvalue weighted by atomic mass is 35.5. The number of hydrogen-bond acceptors (Lipinski definition) is 7. The molecule has 4 saturated carbocycles. The summed E-state index contributed by atoms with van der Waals surface area (Å²) in [7, 11) is 0. The standard InChI is InChI=1S/C23H21ClF3N3O5/c24-12-1-2-16-14(7-12)15(31)8-17(33-16)18(32)28-22-4-3-21(9-22,10-22)20-30-29-19(34-20)11-5-13(6-11)35-23(25,26)27/h1-2,7,11,13,17H,3-6,8-10H2,(H,28,32)/t11-,13+,17?,21?,22?. The Labute approximate surface area is 202 Å². The van der Waals surface area contributed by atoms with Crippen LogP contribution in [0.5, 0.6) is 5.75 Å². The molecule has 4 fully saturated rings. The van der Waals surface area contributed by atoms with Gasteiger partial charge in [-0.2, -0.15) is 0 Å². The van der Waals surface area contributed by atoms with E-state index in [-0.39, 0.29) is 42.3 Å². The van der Waals surface area contributed by atoms with Gasteiger partial charge in [-0.25, -0.2) is 0 Å². The van der Waals surface area contributed by atoms with Crippen molar-refractivity contribution in [3.05, 3.63) is 40.6 Å². The van der Waals surface area contributed by atoms with Crippen molar-refractivity contribution in [2.75, 3.05) is 0 Å². The highest BCUT2D eigenvalue weighted by Gasteiger charge is 2.65. The van der Waals surface area contributed by atoms with Gasteiger partial charge in [0.05, 0.1) is 23.5 Å². The zero-order chi connectivity index (χ0) is 24.6. The SMILES string of the molecule is O=C1CC(C(=O)NC23CCC(c4nnc([C@H]5C[C@@H](OC(F)(F)F)C5)o4)(C2)C3)Oc2ccc(Cl)cc21. The van der Waals surface area contributed by atoms with Crippen molar-refractivity contribution >= 4 is 23.3 Å². The summed E-state index contributed by atoms with van der Waals surface area (Å²) >= 11 is 5.95. The molecule has 4 aliphatic carbocycles. The molecule has 35 heavy (non-hydrogen) atoms. The number of halogens is 4. The molecule has 0 saturated heterocycles. The molecule has 12 heteroatoms. The number of aromatic nitrogens is 2. The van der Waals surface area contributed by atoms with E-state index in [0.717, 1.165) is 6.42 Å². The van der Waals surface area contributed by atoms with Gasteiger partial charge in [-0.05, 0) is 56.7 Å². The third-order valence-electron chi connectivity index (χ3n) is 7.64. The van der Waals surface area contributed by atoms with Crippen LogP contribution in [-0.4, -0.2) is 46.0 Å². The average molecular weight is 512 g/mol. The number of amides is 1. The van der Waals surface area contributed by atoms with Crippen molar-refractivity contribution in [2.45, 2.75) is 80.4 Å². The van der Waals surface area contributed by atoms with Crippen LogP contribution < -0.4 is 10.1 Å². The van der Waals surface area contributed by atoms with E-state index >= 15 is 0 Å². The zero-order valence-corrected chi connectivity index (χ0v) is 19.1. The number of fused-ring (bicyclic) bond motifs is 2. The number of carbonyl (C=O) groups excluding carboxylic acids is 2. The fourth-order valence-electron chi connectivity index (χ4n) is 5.94. The normalized spacial score (nSPS) is 33.4. The first-order valence-corrected chi connectivity index (χ1v) is 11.8. The monoisotopic (exact) mass is 511 g/mol. The predicted molar refractivity (Wildman–Crippen MR) is 113 cm³/mol. The van der Waals surface area contributed by atoms with Crippen molar-refractivity contribution in [1.29, 1.82) is 0 Å². The summed E-state index contributed by atoms with van der Waals surface area (Å²) < 4.78 is 52.7. The first-order valence-electron chi connectivity index (χ1n) is 11.4. The topological polar surface area (TPSA) is 104 Å². The summed E-state index contributed by atoms with van der Waals surface area (Å²) in [6.45, 7) is 0.